The number of carbonyl (C=O) groups excluding carboxylic acids is 1. The zero-order valence-electron chi connectivity index (χ0n) is 15.0. The summed E-state index contributed by atoms with van der Waals surface area (Å²) in [5.41, 5.74) is 2.43. The molecular weight excluding hydrogens is 348 g/mol. The topological polar surface area (TPSA) is 64.2 Å². The highest BCUT2D eigenvalue weighted by atomic mass is 32.2. The van der Waals surface area contributed by atoms with Crippen molar-refractivity contribution in [3.8, 4) is 0 Å². The fourth-order valence-corrected chi connectivity index (χ4v) is 3.37. The maximum absolute atomic E-state index is 12.4. The highest BCUT2D eigenvalue weighted by Crippen LogP contribution is 2.17. The van der Waals surface area contributed by atoms with Gasteiger partial charge in [-0.2, -0.15) is 0 Å². The van der Waals surface area contributed by atoms with Crippen LogP contribution in [0, 0.1) is 0 Å². The summed E-state index contributed by atoms with van der Waals surface area (Å²) in [6.45, 7) is 3.28. The number of aromatic nitrogens is 3. The molecule has 26 heavy (non-hydrogen) atoms. The van der Waals surface area contributed by atoms with Crippen LogP contribution in [0.25, 0.3) is 0 Å². The first-order chi connectivity index (χ1) is 12.7. The smallest absolute Gasteiger partial charge is 0.233 e. The van der Waals surface area contributed by atoms with E-state index in [0.717, 1.165) is 17.7 Å². The van der Waals surface area contributed by atoms with Gasteiger partial charge in [0.15, 0.2) is 5.16 Å². The quantitative estimate of drug-likeness (QED) is 0.570. The van der Waals surface area contributed by atoms with Crippen molar-refractivity contribution in [1.82, 2.24) is 19.7 Å². The van der Waals surface area contributed by atoms with Gasteiger partial charge in [-0.15, -0.1) is 10.2 Å². The molecule has 2 heterocycles. The van der Waals surface area contributed by atoms with E-state index in [2.05, 4.69) is 41.4 Å². The molecule has 2 aromatic heterocycles. The number of hydrogen-bond donors (Lipinski definition) is 0. The molecule has 0 fully saturated rings. The first kappa shape index (κ1) is 18.3. The Bertz CT molecular complexity index is 828. The minimum Gasteiger partial charge on any atom is -0.467 e. The van der Waals surface area contributed by atoms with Crippen LogP contribution < -0.4 is 0 Å². The Labute approximate surface area is 157 Å². The van der Waals surface area contributed by atoms with E-state index in [9.17, 15) is 4.79 Å². The van der Waals surface area contributed by atoms with Crippen molar-refractivity contribution in [1.29, 1.82) is 0 Å². The second kappa shape index (κ2) is 8.71. The minimum absolute atomic E-state index is 0.0575. The molecule has 0 unspecified atom stereocenters. The zero-order chi connectivity index (χ0) is 18.4. The standard InChI is InChI=1S/C19H22N4O2S/c1-3-15-6-8-16(9-7-15)11-22(2)18(24)13-26-19-21-20-14-23(19)12-17-5-4-10-25-17/h4-10,14H,3,11-13H2,1-2H3. The number of thioether (sulfide) groups is 1. The van der Waals surface area contributed by atoms with Crippen molar-refractivity contribution < 1.29 is 9.21 Å². The third-order valence-electron chi connectivity index (χ3n) is 4.09. The van der Waals surface area contributed by atoms with Crippen molar-refractivity contribution >= 4 is 17.7 Å². The number of benzene rings is 1. The Kier molecular flexibility index (Phi) is 6.12. The molecule has 0 N–H and O–H groups in total. The fraction of sp³-hybridized carbons (Fsp3) is 0.316. The van der Waals surface area contributed by atoms with Crippen LogP contribution in [0.3, 0.4) is 0 Å². The highest BCUT2D eigenvalue weighted by Gasteiger charge is 2.13. The fourth-order valence-electron chi connectivity index (χ4n) is 2.51. The summed E-state index contributed by atoms with van der Waals surface area (Å²) in [6.07, 6.45) is 4.30. The SMILES string of the molecule is CCc1ccc(CN(C)C(=O)CSc2nncn2Cc2ccco2)cc1. The molecule has 136 valence electrons. The number of amides is 1. The molecule has 0 radical (unpaired) electrons. The largest absolute Gasteiger partial charge is 0.467 e. The summed E-state index contributed by atoms with van der Waals surface area (Å²) in [5.74, 6) is 1.20. The highest BCUT2D eigenvalue weighted by molar-refractivity contribution is 7.99. The first-order valence-corrected chi connectivity index (χ1v) is 9.49. The van der Waals surface area contributed by atoms with Crippen LogP contribution in [0.4, 0.5) is 0 Å². The Morgan fingerprint density at radius 1 is 1.23 bits per heavy atom. The lowest BCUT2D eigenvalue weighted by Gasteiger charge is -2.17. The molecule has 6 nitrogen and oxygen atoms in total. The average Bonchev–Trinajstić information content (AvgIpc) is 3.32. The molecule has 0 spiro atoms. The number of nitrogens with zero attached hydrogens (tertiary/aromatic N) is 4. The van der Waals surface area contributed by atoms with Crippen molar-refractivity contribution in [2.24, 2.45) is 0 Å². The van der Waals surface area contributed by atoms with Crippen LogP contribution in [0.1, 0.15) is 23.8 Å². The van der Waals surface area contributed by atoms with Crippen LogP contribution in [0.15, 0.2) is 58.6 Å². The molecule has 3 rings (SSSR count). The summed E-state index contributed by atoms with van der Waals surface area (Å²) in [7, 11) is 1.82. The number of rotatable bonds is 8. The Morgan fingerprint density at radius 3 is 2.69 bits per heavy atom. The summed E-state index contributed by atoms with van der Waals surface area (Å²) in [5, 5.41) is 8.73. The van der Waals surface area contributed by atoms with Gasteiger partial charge in [0.05, 0.1) is 18.6 Å². The van der Waals surface area contributed by atoms with E-state index in [1.54, 1.807) is 17.5 Å². The zero-order valence-corrected chi connectivity index (χ0v) is 15.8. The molecule has 0 bridgehead atoms. The maximum Gasteiger partial charge on any atom is 0.233 e. The van der Waals surface area contributed by atoms with Gasteiger partial charge in [-0.05, 0) is 29.7 Å². The molecule has 0 saturated carbocycles. The van der Waals surface area contributed by atoms with E-state index in [-0.39, 0.29) is 5.91 Å². The molecule has 0 saturated heterocycles. The molecule has 0 aliphatic heterocycles. The first-order valence-electron chi connectivity index (χ1n) is 8.50. The van der Waals surface area contributed by atoms with Crippen LogP contribution >= 0.6 is 11.8 Å². The Morgan fingerprint density at radius 2 is 2.00 bits per heavy atom. The third kappa shape index (κ3) is 4.76. The van der Waals surface area contributed by atoms with Gasteiger partial charge in [-0.1, -0.05) is 43.0 Å². The molecule has 0 aliphatic carbocycles. The van der Waals surface area contributed by atoms with Gasteiger partial charge in [0, 0.05) is 13.6 Å². The van der Waals surface area contributed by atoms with E-state index in [4.69, 9.17) is 4.42 Å². The normalized spacial score (nSPS) is 10.8. The average molecular weight is 370 g/mol. The number of furan rings is 1. The minimum atomic E-state index is 0.0575. The van der Waals surface area contributed by atoms with Crippen LogP contribution in [0.2, 0.25) is 0 Å². The summed E-state index contributed by atoms with van der Waals surface area (Å²) >= 11 is 1.39. The van der Waals surface area contributed by atoms with Crippen molar-refractivity contribution in [2.75, 3.05) is 12.8 Å². The molecule has 1 amide bonds. The van der Waals surface area contributed by atoms with E-state index >= 15 is 0 Å². The number of carbonyl (C=O) groups is 1. The van der Waals surface area contributed by atoms with Gasteiger partial charge in [0.2, 0.25) is 5.91 Å². The van der Waals surface area contributed by atoms with Crippen LogP contribution in [-0.4, -0.2) is 38.4 Å². The monoisotopic (exact) mass is 370 g/mol. The van der Waals surface area contributed by atoms with E-state index in [1.165, 1.54) is 17.3 Å². The van der Waals surface area contributed by atoms with Crippen LogP contribution in [0.5, 0.6) is 0 Å². The number of aryl methyl sites for hydroxylation is 1. The van der Waals surface area contributed by atoms with Gasteiger partial charge >= 0.3 is 0 Å². The van der Waals surface area contributed by atoms with E-state index < -0.39 is 0 Å². The van der Waals surface area contributed by atoms with Crippen molar-refractivity contribution in [3.63, 3.8) is 0 Å². The van der Waals surface area contributed by atoms with Crippen molar-refractivity contribution in [2.45, 2.75) is 31.6 Å². The van der Waals surface area contributed by atoms with Gasteiger partial charge in [-0.25, -0.2) is 0 Å². The summed E-state index contributed by atoms with van der Waals surface area (Å²) in [6, 6.07) is 12.1. The lowest BCUT2D eigenvalue weighted by Crippen LogP contribution is -2.27. The second-order valence-electron chi connectivity index (χ2n) is 6.03. The maximum atomic E-state index is 12.4. The molecule has 1 aromatic carbocycles. The van der Waals surface area contributed by atoms with Gasteiger partial charge < -0.3 is 13.9 Å². The van der Waals surface area contributed by atoms with Crippen LogP contribution in [-0.2, 0) is 24.3 Å². The summed E-state index contributed by atoms with van der Waals surface area (Å²) in [4.78, 5) is 14.2. The lowest BCUT2D eigenvalue weighted by molar-refractivity contribution is -0.127. The predicted molar refractivity (Wildman–Crippen MR) is 101 cm³/mol. The van der Waals surface area contributed by atoms with Gasteiger partial charge in [-0.3, -0.25) is 4.79 Å². The molecule has 3 aromatic rings. The van der Waals surface area contributed by atoms with Gasteiger partial charge in [0.1, 0.15) is 12.1 Å². The van der Waals surface area contributed by atoms with Crippen molar-refractivity contribution in [3.05, 3.63) is 65.9 Å². The predicted octanol–water partition coefficient (Wildman–Crippen LogP) is 3.23. The van der Waals surface area contributed by atoms with Gasteiger partial charge in [0.25, 0.3) is 0 Å². The Hall–Kier alpha value is -2.54. The third-order valence-corrected chi connectivity index (χ3v) is 5.05. The number of hydrogen-bond acceptors (Lipinski definition) is 5. The molecule has 0 atom stereocenters. The van der Waals surface area contributed by atoms with E-state index in [1.807, 2.05) is 23.7 Å². The molecular formula is C19H22N4O2S. The second-order valence-corrected chi connectivity index (χ2v) is 6.97. The Balaban J connectivity index is 1.52. The molecule has 7 heteroatoms. The lowest BCUT2D eigenvalue weighted by atomic mass is 10.1. The summed E-state index contributed by atoms with van der Waals surface area (Å²) < 4.78 is 7.22. The van der Waals surface area contributed by atoms with E-state index in [0.29, 0.717) is 24.0 Å². The molecule has 0 aliphatic rings.